The zero-order valence-electron chi connectivity index (χ0n) is 9.31. The average molecular weight is 299 g/mol. The molecular formula is C10H12Cl2O4S. The molecule has 0 saturated carbocycles. The van der Waals surface area contributed by atoms with E-state index < -0.39 is 9.05 Å². The fourth-order valence-electron chi connectivity index (χ4n) is 1.07. The van der Waals surface area contributed by atoms with Crippen LogP contribution in [0, 0.1) is 0 Å². The Labute approximate surface area is 110 Å². The molecular weight excluding hydrogens is 287 g/mol. The second-order valence-corrected chi connectivity index (χ2v) is 6.36. The standard InChI is InChI=1S/C10H12Cl2O4S/c1-7(15-2)6-16-9-4-3-8(11)5-10(9)17(12,13)14/h3-5,7H,6H2,1-2H3. The van der Waals surface area contributed by atoms with Crippen molar-refractivity contribution < 1.29 is 17.9 Å². The first-order chi connectivity index (χ1) is 7.84. The molecule has 7 heteroatoms. The molecule has 0 bridgehead atoms. The molecule has 0 N–H and O–H groups in total. The van der Waals surface area contributed by atoms with Crippen molar-refractivity contribution in [2.75, 3.05) is 13.7 Å². The smallest absolute Gasteiger partial charge is 0.265 e. The first-order valence-electron chi connectivity index (χ1n) is 4.74. The molecule has 0 fully saturated rings. The topological polar surface area (TPSA) is 52.6 Å². The number of halogens is 2. The van der Waals surface area contributed by atoms with Crippen molar-refractivity contribution in [3.63, 3.8) is 0 Å². The van der Waals surface area contributed by atoms with Crippen molar-refractivity contribution in [2.45, 2.75) is 17.9 Å². The molecule has 0 amide bonds. The van der Waals surface area contributed by atoms with Crippen LogP contribution >= 0.6 is 22.3 Å². The van der Waals surface area contributed by atoms with Crippen molar-refractivity contribution >= 4 is 31.3 Å². The number of rotatable bonds is 5. The monoisotopic (exact) mass is 298 g/mol. The number of benzene rings is 1. The van der Waals surface area contributed by atoms with Gasteiger partial charge in [-0.25, -0.2) is 8.42 Å². The highest BCUT2D eigenvalue weighted by Gasteiger charge is 2.18. The van der Waals surface area contributed by atoms with Crippen LogP contribution in [-0.4, -0.2) is 28.2 Å². The molecule has 0 saturated heterocycles. The Kier molecular flexibility index (Phi) is 5.06. The van der Waals surface area contributed by atoms with E-state index >= 15 is 0 Å². The van der Waals surface area contributed by atoms with E-state index in [0.717, 1.165) is 0 Å². The van der Waals surface area contributed by atoms with Crippen LogP contribution < -0.4 is 4.74 Å². The van der Waals surface area contributed by atoms with Crippen LogP contribution in [0.15, 0.2) is 23.1 Å². The fourth-order valence-corrected chi connectivity index (χ4v) is 2.30. The Balaban J connectivity index is 3.00. The van der Waals surface area contributed by atoms with E-state index in [2.05, 4.69) is 0 Å². The lowest BCUT2D eigenvalue weighted by atomic mass is 10.3. The summed E-state index contributed by atoms with van der Waals surface area (Å²) in [6.07, 6.45) is -0.156. The van der Waals surface area contributed by atoms with Crippen LogP contribution in [0.3, 0.4) is 0 Å². The van der Waals surface area contributed by atoms with Gasteiger partial charge in [-0.2, -0.15) is 0 Å². The van der Waals surface area contributed by atoms with Crippen molar-refractivity contribution in [3.8, 4) is 5.75 Å². The summed E-state index contributed by atoms with van der Waals surface area (Å²) in [4.78, 5) is -0.144. The summed E-state index contributed by atoms with van der Waals surface area (Å²) < 4.78 is 32.9. The van der Waals surface area contributed by atoms with Gasteiger partial charge in [-0.15, -0.1) is 0 Å². The Morgan fingerprint density at radius 3 is 2.59 bits per heavy atom. The molecule has 1 aromatic rings. The first kappa shape index (κ1) is 14.6. The largest absolute Gasteiger partial charge is 0.489 e. The minimum absolute atomic E-state index is 0.144. The van der Waals surface area contributed by atoms with Gasteiger partial charge >= 0.3 is 0 Å². The minimum Gasteiger partial charge on any atom is -0.489 e. The van der Waals surface area contributed by atoms with Crippen LogP contribution in [0.25, 0.3) is 0 Å². The lowest BCUT2D eigenvalue weighted by Crippen LogP contribution is -2.16. The summed E-state index contributed by atoms with van der Waals surface area (Å²) >= 11 is 5.71. The maximum Gasteiger partial charge on any atom is 0.265 e. The van der Waals surface area contributed by atoms with Crippen molar-refractivity contribution in [1.29, 1.82) is 0 Å². The predicted octanol–water partition coefficient (Wildman–Crippen LogP) is 2.68. The van der Waals surface area contributed by atoms with E-state index in [4.69, 9.17) is 31.8 Å². The molecule has 0 heterocycles. The molecule has 0 spiro atoms. The number of methoxy groups -OCH3 is 1. The molecule has 0 aliphatic rings. The van der Waals surface area contributed by atoms with E-state index in [1.165, 1.54) is 25.3 Å². The Morgan fingerprint density at radius 2 is 2.06 bits per heavy atom. The zero-order valence-corrected chi connectivity index (χ0v) is 11.6. The number of ether oxygens (including phenoxy) is 2. The summed E-state index contributed by atoms with van der Waals surface area (Å²) in [7, 11) is 2.94. The van der Waals surface area contributed by atoms with E-state index in [-0.39, 0.29) is 28.4 Å². The summed E-state index contributed by atoms with van der Waals surface area (Å²) in [5.74, 6) is 0.160. The van der Waals surface area contributed by atoms with Gasteiger partial charge < -0.3 is 9.47 Å². The molecule has 17 heavy (non-hydrogen) atoms. The SMILES string of the molecule is COC(C)COc1ccc(Cl)cc1S(=O)(=O)Cl. The van der Waals surface area contributed by atoms with Gasteiger partial charge in [0.1, 0.15) is 17.3 Å². The summed E-state index contributed by atoms with van der Waals surface area (Å²) in [6, 6.07) is 4.23. The van der Waals surface area contributed by atoms with Crippen LogP contribution in [0.5, 0.6) is 5.75 Å². The molecule has 96 valence electrons. The Morgan fingerprint density at radius 1 is 1.41 bits per heavy atom. The third-order valence-corrected chi connectivity index (χ3v) is 3.62. The number of hydrogen-bond acceptors (Lipinski definition) is 4. The maximum atomic E-state index is 11.3. The van der Waals surface area contributed by atoms with E-state index in [0.29, 0.717) is 0 Å². The highest BCUT2D eigenvalue weighted by atomic mass is 35.7. The van der Waals surface area contributed by atoms with Gasteiger partial charge in [0.05, 0.1) is 6.10 Å². The fraction of sp³-hybridized carbons (Fsp3) is 0.400. The summed E-state index contributed by atoms with van der Waals surface area (Å²) in [6.45, 7) is 2.02. The normalized spacial score (nSPS) is 13.4. The van der Waals surface area contributed by atoms with E-state index in [1.54, 1.807) is 6.92 Å². The summed E-state index contributed by atoms with van der Waals surface area (Å²) in [5, 5.41) is 0.274. The van der Waals surface area contributed by atoms with Crippen molar-refractivity contribution in [1.82, 2.24) is 0 Å². The predicted molar refractivity (Wildman–Crippen MR) is 66.5 cm³/mol. The molecule has 1 rings (SSSR count). The average Bonchev–Trinajstić information content (AvgIpc) is 2.25. The van der Waals surface area contributed by atoms with Crippen LogP contribution in [-0.2, 0) is 13.8 Å². The molecule has 4 nitrogen and oxygen atoms in total. The zero-order chi connectivity index (χ0) is 13.1. The molecule has 1 unspecified atom stereocenters. The molecule has 1 aromatic carbocycles. The second kappa shape index (κ2) is 5.91. The molecule has 0 aliphatic carbocycles. The number of hydrogen-bond donors (Lipinski definition) is 0. The molecule has 0 aliphatic heterocycles. The lowest BCUT2D eigenvalue weighted by Gasteiger charge is -2.13. The van der Waals surface area contributed by atoms with Crippen LogP contribution in [0.4, 0.5) is 0 Å². The minimum atomic E-state index is -3.89. The van der Waals surface area contributed by atoms with Gasteiger partial charge in [0.2, 0.25) is 0 Å². The van der Waals surface area contributed by atoms with Crippen LogP contribution in [0.1, 0.15) is 6.92 Å². The molecule has 0 radical (unpaired) electrons. The second-order valence-electron chi connectivity index (χ2n) is 3.39. The Bertz CT molecular complexity index is 487. The first-order valence-corrected chi connectivity index (χ1v) is 7.43. The van der Waals surface area contributed by atoms with Crippen molar-refractivity contribution in [3.05, 3.63) is 23.2 Å². The van der Waals surface area contributed by atoms with Gasteiger partial charge in [-0.1, -0.05) is 11.6 Å². The maximum absolute atomic E-state index is 11.3. The van der Waals surface area contributed by atoms with Crippen molar-refractivity contribution in [2.24, 2.45) is 0 Å². The van der Waals surface area contributed by atoms with Gasteiger partial charge in [-0.3, -0.25) is 0 Å². The highest BCUT2D eigenvalue weighted by Crippen LogP contribution is 2.29. The van der Waals surface area contributed by atoms with Gasteiger partial charge in [-0.05, 0) is 25.1 Å². The van der Waals surface area contributed by atoms with Gasteiger partial charge in [0.15, 0.2) is 0 Å². The third-order valence-electron chi connectivity index (χ3n) is 2.04. The third kappa shape index (κ3) is 4.35. The van der Waals surface area contributed by atoms with E-state index in [1.807, 2.05) is 0 Å². The quantitative estimate of drug-likeness (QED) is 0.784. The van der Waals surface area contributed by atoms with Crippen LogP contribution in [0.2, 0.25) is 5.02 Å². The highest BCUT2D eigenvalue weighted by molar-refractivity contribution is 8.13. The van der Waals surface area contributed by atoms with Gasteiger partial charge in [0.25, 0.3) is 9.05 Å². The summed E-state index contributed by atoms with van der Waals surface area (Å²) in [5.41, 5.74) is 0. The van der Waals surface area contributed by atoms with Gasteiger partial charge in [0, 0.05) is 22.8 Å². The molecule has 0 aromatic heterocycles. The lowest BCUT2D eigenvalue weighted by molar-refractivity contribution is 0.0706. The Hall–Kier alpha value is -0.490. The molecule has 1 atom stereocenters. The van der Waals surface area contributed by atoms with E-state index in [9.17, 15) is 8.42 Å².